The summed E-state index contributed by atoms with van der Waals surface area (Å²) in [5, 5.41) is 5.97. The van der Waals surface area contributed by atoms with E-state index in [4.69, 9.17) is 0 Å². The zero-order valence-corrected chi connectivity index (χ0v) is 15.6. The number of nitrogens with one attached hydrogen (secondary N) is 2. The maximum Gasteiger partial charge on any atom is 0.387 e. The van der Waals surface area contributed by atoms with Gasteiger partial charge in [-0.25, -0.2) is 4.39 Å². The number of unbranched alkanes of at least 4 members (excludes halogenated alkanes) is 2. The Kier molecular flexibility index (Phi) is 11.6. The fourth-order valence-electron chi connectivity index (χ4n) is 1.89. The van der Waals surface area contributed by atoms with E-state index in [-0.39, 0.29) is 41.8 Å². The molecule has 1 rings (SSSR count). The van der Waals surface area contributed by atoms with Crippen LogP contribution in [0.15, 0.2) is 23.2 Å². The quantitative estimate of drug-likeness (QED) is 0.276. The molecule has 4 nitrogen and oxygen atoms in total. The molecule has 0 bridgehead atoms. The van der Waals surface area contributed by atoms with E-state index < -0.39 is 12.4 Å². The molecule has 0 aromatic heterocycles. The third-order valence-corrected chi connectivity index (χ3v) is 3.02. The molecule has 23 heavy (non-hydrogen) atoms. The number of guanidine groups is 1. The molecule has 0 radical (unpaired) electrons. The largest absolute Gasteiger partial charge is 0.434 e. The molecule has 0 aliphatic carbocycles. The molecule has 1 aromatic rings. The van der Waals surface area contributed by atoms with Crippen molar-refractivity contribution in [3.63, 3.8) is 0 Å². The van der Waals surface area contributed by atoms with Crippen molar-refractivity contribution in [3.05, 3.63) is 29.6 Å². The van der Waals surface area contributed by atoms with E-state index in [0.29, 0.717) is 5.96 Å². The number of rotatable bonds is 8. The van der Waals surface area contributed by atoms with Crippen molar-refractivity contribution >= 4 is 29.9 Å². The average Bonchev–Trinajstić information content (AvgIpc) is 2.48. The first-order valence-electron chi connectivity index (χ1n) is 7.25. The molecular weight excluding hydrogens is 422 g/mol. The lowest BCUT2D eigenvalue weighted by molar-refractivity contribution is -0.0506. The van der Waals surface area contributed by atoms with Crippen molar-refractivity contribution in [1.82, 2.24) is 10.6 Å². The van der Waals surface area contributed by atoms with E-state index in [9.17, 15) is 13.2 Å². The predicted molar refractivity (Wildman–Crippen MR) is 96.2 cm³/mol. The number of ether oxygens (including phenoxy) is 1. The highest BCUT2D eigenvalue weighted by Gasteiger charge is 2.13. The van der Waals surface area contributed by atoms with Crippen LogP contribution >= 0.6 is 24.0 Å². The summed E-state index contributed by atoms with van der Waals surface area (Å²) in [4.78, 5) is 4.00. The second-order valence-electron chi connectivity index (χ2n) is 4.65. The number of halogens is 4. The van der Waals surface area contributed by atoms with Crippen molar-refractivity contribution < 1.29 is 17.9 Å². The van der Waals surface area contributed by atoms with Gasteiger partial charge in [0.15, 0.2) is 5.96 Å². The maximum atomic E-state index is 13.8. The first kappa shape index (κ1) is 21.8. The second-order valence-corrected chi connectivity index (χ2v) is 4.65. The summed E-state index contributed by atoms with van der Waals surface area (Å²) in [6.07, 6.45) is 3.21. The number of hydrogen-bond donors (Lipinski definition) is 2. The van der Waals surface area contributed by atoms with Crippen LogP contribution in [0.25, 0.3) is 0 Å². The lowest BCUT2D eigenvalue weighted by Crippen LogP contribution is -2.37. The molecule has 0 saturated heterocycles. The molecule has 8 heteroatoms. The minimum atomic E-state index is -2.99. The van der Waals surface area contributed by atoms with E-state index in [1.54, 1.807) is 7.05 Å². The van der Waals surface area contributed by atoms with Gasteiger partial charge in [0, 0.05) is 25.7 Å². The van der Waals surface area contributed by atoms with Gasteiger partial charge in [0.1, 0.15) is 11.6 Å². The molecule has 0 saturated carbocycles. The fraction of sp³-hybridized carbons (Fsp3) is 0.533. The van der Waals surface area contributed by atoms with Gasteiger partial charge in [-0.3, -0.25) is 4.99 Å². The number of hydrogen-bond acceptors (Lipinski definition) is 2. The third-order valence-electron chi connectivity index (χ3n) is 3.02. The summed E-state index contributed by atoms with van der Waals surface area (Å²) in [5.74, 6) is -0.293. The van der Waals surface area contributed by atoms with Gasteiger partial charge >= 0.3 is 6.61 Å². The number of benzene rings is 1. The van der Waals surface area contributed by atoms with E-state index in [1.165, 1.54) is 18.2 Å². The minimum absolute atomic E-state index is 0. The molecular formula is C15H23F3IN3O. The Balaban J connectivity index is 0.00000484. The molecule has 0 aliphatic heterocycles. The molecule has 0 fully saturated rings. The standard InChI is InChI=1S/C15H22F3N3O.HI/c1-3-4-5-9-20-15(19-2)21-10-11-12(16)7-6-8-13(11)22-14(17)18;/h6-8,14H,3-5,9-10H2,1-2H3,(H2,19,20,21);1H. The van der Waals surface area contributed by atoms with E-state index in [1.807, 2.05) is 0 Å². The highest BCUT2D eigenvalue weighted by atomic mass is 127. The van der Waals surface area contributed by atoms with Crippen LogP contribution in [0.5, 0.6) is 5.75 Å². The predicted octanol–water partition coefficient (Wildman–Crippen LogP) is 3.90. The Morgan fingerprint density at radius 2 is 2.00 bits per heavy atom. The van der Waals surface area contributed by atoms with Crippen LogP contribution in [0.1, 0.15) is 31.7 Å². The normalized spacial score (nSPS) is 11.1. The average molecular weight is 445 g/mol. The van der Waals surface area contributed by atoms with Gasteiger partial charge in [-0.1, -0.05) is 25.8 Å². The van der Waals surface area contributed by atoms with E-state index in [2.05, 4.69) is 27.3 Å². The molecule has 0 unspecified atom stereocenters. The molecule has 0 spiro atoms. The Hall–Kier alpha value is -1.19. The van der Waals surface area contributed by atoms with Gasteiger partial charge in [0.25, 0.3) is 0 Å². The molecule has 0 atom stereocenters. The Bertz CT molecular complexity index is 487. The zero-order valence-electron chi connectivity index (χ0n) is 13.2. The highest BCUT2D eigenvalue weighted by molar-refractivity contribution is 14.0. The summed E-state index contributed by atoms with van der Waals surface area (Å²) >= 11 is 0. The van der Waals surface area contributed by atoms with Crippen LogP contribution in [-0.4, -0.2) is 26.2 Å². The van der Waals surface area contributed by atoms with Crippen LogP contribution in [0.3, 0.4) is 0 Å². The van der Waals surface area contributed by atoms with Crippen LogP contribution in [0, 0.1) is 5.82 Å². The van der Waals surface area contributed by atoms with Gasteiger partial charge in [-0.2, -0.15) is 8.78 Å². The summed E-state index contributed by atoms with van der Waals surface area (Å²) in [7, 11) is 1.59. The van der Waals surface area contributed by atoms with Crippen molar-refractivity contribution in [1.29, 1.82) is 0 Å². The van der Waals surface area contributed by atoms with Crippen LogP contribution in [0.2, 0.25) is 0 Å². The van der Waals surface area contributed by atoms with Crippen molar-refractivity contribution in [3.8, 4) is 5.75 Å². The summed E-state index contributed by atoms with van der Waals surface area (Å²) in [6.45, 7) is -0.143. The van der Waals surface area contributed by atoms with Gasteiger partial charge < -0.3 is 15.4 Å². The van der Waals surface area contributed by atoms with Crippen LogP contribution in [0.4, 0.5) is 13.2 Å². The lowest BCUT2D eigenvalue weighted by Gasteiger charge is -2.15. The third kappa shape index (κ3) is 8.29. The van der Waals surface area contributed by atoms with Crippen LogP contribution in [-0.2, 0) is 6.54 Å². The van der Waals surface area contributed by atoms with Crippen molar-refractivity contribution in [2.24, 2.45) is 4.99 Å². The topological polar surface area (TPSA) is 45.7 Å². The molecule has 0 amide bonds. The highest BCUT2D eigenvalue weighted by Crippen LogP contribution is 2.23. The van der Waals surface area contributed by atoms with E-state index in [0.717, 1.165) is 25.8 Å². The van der Waals surface area contributed by atoms with Crippen molar-refractivity contribution in [2.75, 3.05) is 13.6 Å². The SMILES string of the molecule is CCCCCNC(=NC)NCc1c(F)cccc1OC(F)F.I. The Morgan fingerprint density at radius 1 is 1.26 bits per heavy atom. The van der Waals surface area contributed by atoms with Gasteiger partial charge in [0.2, 0.25) is 0 Å². The fourth-order valence-corrected chi connectivity index (χ4v) is 1.89. The van der Waals surface area contributed by atoms with Gasteiger partial charge in [-0.05, 0) is 18.6 Å². The monoisotopic (exact) mass is 445 g/mol. The number of nitrogens with zero attached hydrogens (tertiary/aromatic N) is 1. The zero-order chi connectivity index (χ0) is 16.4. The summed E-state index contributed by atoms with van der Waals surface area (Å²) < 4.78 is 42.8. The molecule has 0 heterocycles. The smallest absolute Gasteiger partial charge is 0.387 e. The summed E-state index contributed by atoms with van der Waals surface area (Å²) in [5.41, 5.74) is 0.0410. The van der Waals surface area contributed by atoms with E-state index >= 15 is 0 Å². The summed E-state index contributed by atoms with van der Waals surface area (Å²) in [6, 6.07) is 3.84. The molecule has 132 valence electrons. The first-order chi connectivity index (χ1) is 10.6. The Morgan fingerprint density at radius 3 is 2.61 bits per heavy atom. The maximum absolute atomic E-state index is 13.8. The Labute approximate surface area is 151 Å². The number of alkyl halides is 2. The molecule has 2 N–H and O–H groups in total. The second kappa shape index (κ2) is 12.3. The van der Waals surface area contributed by atoms with Gasteiger partial charge in [0.05, 0.1) is 0 Å². The number of aliphatic imine (C=N–C) groups is 1. The van der Waals surface area contributed by atoms with Gasteiger partial charge in [-0.15, -0.1) is 24.0 Å². The lowest BCUT2D eigenvalue weighted by atomic mass is 10.2. The van der Waals surface area contributed by atoms with Crippen LogP contribution < -0.4 is 15.4 Å². The first-order valence-corrected chi connectivity index (χ1v) is 7.25. The molecule has 0 aliphatic rings. The minimum Gasteiger partial charge on any atom is -0.434 e. The van der Waals surface area contributed by atoms with Crippen molar-refractivity contribution in [2.45, 2.75) is 39.3 Å². The molecule has 1 aromatic carbocycles.